The van der Waals surface area contributed by atoms with E-state index in [1.54, 1.807) is 19.1 Å². The summed E-state index contributed by atoms with van der Waals surface area (Å²) in [5.41, 5.74) is 2.88. The Labute approximate surface area is 147 Å². The van der Waals surface area contributed by atoms with Crippen molar-refractivity contribution in [2.24, 2.45) is 5.92 Å². The van der Waals surface area contributed by atoms with Crippen molar-refractivity contribution in [1.82, 2.24) is 10.3 Å². The zero-order valence-electron chi connectivity index (χ0n) is 14.7. The van der Waals surface area contributed by atoms with Gasteiger partial charge in [0.05, 0.1) is 6.10 Å². The van der Waals surface area contributed by atoms with Gasteiger partial charge < -0.3 is 15.0 Å². The number of ether oxygens (including phenoxy) is 1. The van der Waals surface area contributed by atoms with E-state index in [-0.39, 0.29) is 29.1 Å². The third-order valence-electron chi connectivity index (χ3n) is 4.68. The molecule has 1 saturated heterocycles. The Morgan fingerprint density at radius 1 is 1.20 bits per heavy atom. The van der Waals surface area contributed by atoms with Gasteiger partial charge in [0.15, 0.2) is 0 Å². The fourth-order valence-corrected chi connectivity index (χ4v) is 3.25. The Bertz CT molecular complexity index is 795. The van der Waals surface area contributed by atoms with E-state index in [1.165, 1.54) is 5.56 Å². The van der Waals surface area contributed by atoms with Crippen molar-refractivity contribution in [3.63, 3.8) is 0 Å². The number of hydrogen-bond acceptors (Lipinski definition) is 3. The monoisotopic (exact) mass is 340 g/mol. The van der Waals surface area contributed by atoms with Gasteiger partial charge in [-0.25, -0.2) is 0 Å². The van der Waals surface area contributed by atoms with Crippen molar-refractivity contribution >= 4 is 5.91 Å². The molecule has 1 aliphatic heterocycles. The van der Waals surface area contributed by atoms with Crippen LogP contribution in [0.1, 0.15) is 46.1 Å². The highest BCUT2D eigenvalue weighted by atomic mass is 16.5. The first-order valence-electron chi connectivity index (χ1n) is 8.71. The van der Waals surface area contributed by atoms with Crippen LogP contribution in [0.3, 0.4) is 0 Å². The van der Waals surface area contributed by atoms with Gasteiger partial charge >= 0.3 is 0 Å². The average molecular weight is 340 g/mol. The summed E-state index contributed by atoms with van der Waals surface area (Å²) in [5, 5.41) is 2.90. The Hall–Kier alpha value is -2.40. The molecule has 1 aliphatic rings. The van der Waals surface area contributed by atoms with Crippen molar-refractivity contribution in [2.75, 3.05) is 13.2 Å². The van der Waals surface area contributed by atoms with Gasteiger partial charge in [-0.1, -0.05) is 29.8 Å². The molecule has 1 aromatic heterocycles. The number of aromatic amines is 1. The van der Waals surface area contributed by atoms with Crippen LogP contribution < -0.4 is 10.9 Å². The number of benzene rings is 1. The molecule has 2 N–H and O–H groups in total. The molecule has 0 radical (unpaired) electrons. The first kappa shape index (κ1) is 17.4. The number of carbonyl (C=O) groups is 1. The molecule has 1 aromatic carbocycles. The molecular weight excluding hydrogens is 316 g/mol. The zero-order chi connectivity index (χ0) is 17.8. The fourth-order valence-electron chi connectivity index (χ4n) is 3.25. The fraction of sp³-hybridized carbons (Fsp3) is 0.400. The van der Waals surface area contributed by atoms with Crippen LogP contribution in [0.5, 0.6) is 0 Å². The minimum Gasteiger partial charge on any atom is -0.373 e. The second-order valence-electron chi connectivity index (χ2n) is 6.70. The summed E-state index contributed by atoms with van der Waals surface area (Å²) in [4.78, 5) is 26.9. The maximum Gasteiger partial charge on any atom is 0.260 e. The highest BCUT2D eigenvalue weighted by molar-refractivity contribution is 5.93. The number of carbonyl (C=O) groups excluding carboxylic acids is 1. The minimum absolute atomic E-state index is 0.0223. The van der Waals surface area contributed by atoms with Crippen LogP contribution >= 0.6 is 0 Å². The highest BCUT2D eigenvalue weighted by Crippen LogP contribution is 2.33. The lowest BCUT2D eigenvalue weighted by Crippen LogP contribution is -2.37. The predicted octanol–water partition coefficient (Wildman–Crippen LogP) is 2.89. The van der Waals surface area contributed by atoms with E-state index in [9.17, 15) is 9.59 Å². The normalized spacial score (nSPS) is 20.2. The number of hydrogen-bond donors (Lipinski definition) is 2. The first-order valence-corrected chi connectivity index (χ1v) is 8.71. The molecule has 0 aliphatic carbocycles. The summed E-state index contributed by atoms with van der Waals surface area (Å²) in [6.07, 6.45) is 1.95. The number of aryl methyl sites for hydroxylation is 2. The number of amides is 1. The van der Waals surface area contributed by atoms with E-state index in [2.05, 4.69) is 41.5 Å². The number of H-pyrrole nitrogens is 1. The van der Waals surface area contributed by atoms with Crippen LogP contribution in [-0.2, 0) is 4.74 Å². The topological polar surface area (TPSA) is 71.2 Å². The Morgan fingerprint density at radius 2 is 1.96 bits per heavy atom. The van der Waals surface area contributed by atoms with Crippen molar-refractivity contribution in [3.8, 4) is 0 Å². The smallest absolute Gasteiger partial charge is 0.260 e. The number of nitrogens with one attached hydrogen (secondary N) is 2. The molecular formula is C20H24N2O3. The average Bonchev–Trinajstić information content (AvgIpc) is 2.61. The maximum absolute atomic E-state index is 12.3. The molecule has 2 heterocycles. The lowest BCUT2D eigenvalue weighted by molar-refractivity contribution is -0.0272. The highest BCUT2D eigenvalue weighted by Gasteiger charge is 2.28. The van der Waals surface area contributed by atoms with Gasteiger partial charge in [0.25, 0.3) is 11.5 Å². The van der Waals surface area contributed by atoms with E-state index in [4.69, 9.17) is 4.74 Å². The van der Waals surface area contributed by atoms with Gasteiger partial charge in [0.2, 0.25) is 0 Å². The molecule has 5 heteroatoms. The van der Waals surface area contributed by atoms with E-state index in [1.807, 2.05) is 0 Å². The summed E-state index contributed by atoms with van der Waals surface area (Å²) < 4.78 is 5.97. The van der Waals surface area contributed by atoms with Crippen LogP contribution in [0, 0.1) is 19.8 Å². The van der Waals surface area contributed by atoms with Gasteiger partial charge in [-0.2, -0.15) is 0 Å². The molecule has 3 rings (SSSR count). The zero-order valence-corrected chi connectivity index (χ0v) is 14.7. The SMILES string of the molecule is Cc1ccc([C@@H]2OCCC[C@H]2CNC(=O)c2ccc(C)[nH]c2=O)cc1. The predicted molar refractivity (Wildman–Crippen MR) is 96.7 cm³/mol. The summed E-state index contributed by atoms with van der Waals surface area (Å²) >= 11 is 0. The van der Waals surface area contributed by atoms with Crippen molar-refractivity contribution in [3.05, 3.63) is 69.1 Å². The Morgan fingerprint density at radius 3 is 2.68 bits per heavy atom. The van der Waals surface area contributed by atoms with Crippen LogP contribution in [0.25, 0.3) is 0 Å². The Balaban J connectivity index is 1.68. The largest absolute Gasteiger partial charge is 0.373 e. The Kier molecular flexibility index (Phi) is 5.34. The van der Waals surface area contributed by atoms with E-state index in [0.29, 0.717) is 6.54 Å². The van der Waals surface area contributed by atoms with Crippen molar-refractivity contribution in [2.45, 2.75) is 32.8 Å². The van der Waals surface area contributed by atoms with Crippen molar-refractivity contribution < 1.29 is 9.53 Å². The van der Waals surface area contributed by atoms with Crippen molar-refractivity contribution in [1.29, 1.82) is 0 Å². The number of pyridine rings is 1. The maximum atomic E-state index is 12.3. The van der Waals surface area contributed by atoms with Gasteiger partial charge in [-0.3, -0.25) is 9.59 Å². The summed E-state index contributed by atoms with van der Waals surface area (Å²) in [5.74, 6) is -0.139. The minimum atomic E-state index is -0.354. The molecule has 0 unspecified atom stereocenters. The molecule has 2 aromatic rings. The second kappa shape index (κ2) is 7.66. The molecule has 5 nitrogen and oxygen atoms in total. The molecule has 0 bridgehead atoms. The summed E-state index contributed by atoms with van der Waals surface area (Å²) in [6, 6.07) is 11.6. The first-order chi connectivity index (χ1) is 12.0. The molecule has 2 atom stereocenters. The van der Waals surface area contributed by atoms with Gasteiger partial charge in [0.1, 0.15) is 5.56 Å². The third-order valence-corrected chi connectivity index (χ3v) is 4.68. The molecule has 1 amide bonds. The van der Waals surface area contributed by atoms with E-state index in [0.717, 1.165) is 30.7 Å². The summed E-state index contributed by atoms with van der Waals surface area (Å²) in [6.45, 7) is 5.07. The molecule has 132 valence electrons. The molecule has 25 heavy (non-hydrogen) atoms. The van der Waals surface area contributed by atoms with Crippen LogP contribution in [0.2, 0.25) is 0 Å². The van der Waals surface area contributed by atoms with Crippen LogP contribution in [0.4, 0.5) is 0 Å². The number of aromatic nitrogens is 1. The summed E-state index contributed by atoms with van der Waals surface area (Å²) in [7, 11) is 0. The number of rotatable bonds is 4. The quantitative estimate of drug-likeness (QED) is 0.899. The molecule has 0 spiro atoms. The van der Waals surface area contributed by atoms with E-state index < -0.39 is 0 Å². The third kappa shape index (κ3) is 4.17. The van der Waals surface area contributed by atoms with Gasteiger partial charge in [-0.15, -0.1) is 0 Å². The lowest BCUT2D eigenvalue weighted by atomic mass is 9.89. The van der Waals surface area contributed by atoms with E-state index >= 15 is 0 Å². The van der Waals surface area contributed by atoms with Gasteiger partial charge in [0, 0.05) is 24.8 Å². The lowest BCUT2D eigenvalue weighted by Gasteiger charge is -2.32. The molecule has 0 saturated carbocycles. The standard InChI is InChI=1S/C20H24N2O3/c1-13-5-8-15(9-6-13)18-16(4-3-11-25-18)12-21-19(23)17-10-7-14(2)22-20(17)24/h5-10,16,18H,3-4,11-12H2,1-2H3,(H,21,23)(H,22,24)/t16-,18-/m0/s1. The second-order valence-corrected chi connectivity index (χ2v) is 6.70. The van der Waals surface area contributed by atoms with Gasteiger partial charge in [-0.05, 0) is 44.4 Å². The van der Waals surface area contributed by atoms with Crippen LogP contribution in [0.15, 0.2) is 41.2 Å². The van der Waals surface area contributed by atoms with Crippen LogP contribution in [-0.4, -0.2) is 24.0 Å². The molecule has 1 fully saturated rings.